The second-order valence-electron chi connectivity index (χ2n) is 5.12. The SMILES string of the molecule is Cc1cccc2cc(C(N)CC3CCCO3)oc12. The van der Waals surface area contributed by atoms with Crippen molar-refractivity contribution in [1.82, 2.24) is 0 Å². The van der Waals surface area contributed by atoms with Gasteiger partial charge >= 0.3 is 0 Å². The number of benzene rings is 1. The molecule has 2 atom stereocenters. The van der Waals surface area contributed by atoms with Crippen LogP contribution in [0.25, 0.3) is 11.0 Å². The maximum atomic E-state index is 6.21. The van der Waals surface area contributed by atoms with Crippen molar-refractivity contribution in [3.05, 3.63) is 35.6 Å². The molecule has 2 N–H and O–H groups in total. The molecular formula is C15H19NO2. The molecule has 1 saturated heterocycles. The van der Waals surface area contributed by atoms with Crippen molar-refractivity contribution in [2.75, 3.05) is 6.61 Å². The average molecular weight is 245 g/mol. The van der Waals surface area contributed by atoms with E-state index in [-0.39, 0.29) is 6.04 Å². The predicted octanol–water partition coefficient (Wildman–Crippen LogP) is 3.31. The van der Waals surface area contributed by atoms with Crippen LogP contribution < -0.4 is 5.73 Å². The van der Waals surface area contributed by atoms with Crippen LogP contribution in [-0.4, -0.2) is 12.7 Å². The first-order chi connectivity index (χ1) is 8.74. The monoisotopic (exact) mass is 245 g/mol. The van der Waals surface area contributed by atoms with Gasteiger partial charge in [0, 0.05) is 12.0 Å². The lowest BCUT2D eigenvalue weighted by Gasteiger charge is -2.13. The van der Waals surface area contributed by atoms with E-state index in [9.17, 15) is 0 Å². The summed E-state index contributed by atoms with van der Waals surface area (Å²) in [6.07, 6.45) is 3.41. The minimum absolute atomic E-state index is 0.0695. The van der Waals surface area contributed by atoms with Crippen LogP contribution in [-0.2, 0) is 4.74 Å². The Balaban J connectivity index is 1.82. The molecule has 0 spiro atoms. The van der Waals surface area contributed by atoms with Crippen molar-refractivity contribution in [2.45, 2.75) is 38.3 Å². The maximum absolute atomic E-state index is 6.21. The molecule has 0 radical (unpaired) electrons. The molecule has 0 bridgehead atoms. The molecule has 2 aromatic rings. The minimum atomic E-state index is -0.0695. The third kappa shape index (κ3) is 2.16. The second kappa shape index (κ2) is 4.75. The highest BCUT2D eigenvalue weighted by molar-refractivity contribution is 5.80. The molecule has 1 aliphatic heterocycles. The van der Waals surface area contributed by atoms with Crippen molar-refractivity contribution in [3.63, 3.8) is 0 Å². The summed E-state index contributed by atoms with van der Waals surface area (Å²) in [5.41, 5.74) is 8.32. The van der Waals surface area contributed by atoms with Crippen molar-refractivity contribution in [3.8, 4) is 0 Å². The van der Waals surface area contributed by atoms with E-state index >= 15 is 0 Å². The Bertz CT molecular complexity index is 540. The Kier molecular flexibility index (Phi) is 3.10. The summed E-state index contributed by atoms with van der Waals surface area (Å²) in [6.45, 7) is 2.93. The lowest BCUT2D eigenvalue weighted by Crippen LogP contribution is -2.17. The van der Waals surface area contributed by atoms with E-state index in [1.807, 2.05) is 6.07 Å². The van der Waals surface area contributed by atoms with Crippen LogP contribution in [0.1, 0.15) is 36.6 Å². The number of fused-ring (bicyclic) bond motifs is 1. The van der Waals surface area contributed by atoms with Gasteiger partial charge in [0.15, 0.2) is 0 Å². The molecule has 3 rings (SSSR count). The van der Waals surface area contributed by atoms with Gasteiger partial charge in [-0.25, -0.2) is 0 Å². The van der Waals surface area contributed by atoms with Gasteiger partial charge in [0.05, 0.1) is 12.1 Å². The summed E-state index contributed by atoms with van der Waals surface area (Å²) in [6, 6.07) is 8.15. The summed E-state index contributed by atoms with van der Waals surface area (Å²) in [4.78, 5) is 0. The van der Waals surface area contributed by atoms with Gasteiger partial charge in [0.2, 0.25) is 0 Å². The fraction of sp³-hybridized carbons (Fsp3) is 0.467. The Morgan fingerprint density at radius 1 is 1.44 bits per heavy atom. The zero-order chi connectivity index (χ0) is 12.5. The van der Waals surface area contributed by atoms with E-state index in [2.05, 4.69) is 25.1 Å². The van der Waals surface area contributed by atoms with Gasteiger partial charge < -0.3 is 14.9 Å². The molecule has 1 fully saturated rings. The molecule has 0 saturated carbocycles. The maximum Gasteiger partial charge on any atom is 0.137 e. The molecule has 1 aromatic heterocycles. The summed E-state index contributed by atoms with van der Waals surface area (Å²) >= 11 is 0. The molecular weight excluding hydrogens is 226 g/mol. The topological polar surface area (TPSA) is 48.4 Å². The van der Waals surface area contributed by atoms with E-state index < -0.39 is 0 Å². The zero-order valence-electron chi connectivity index (χ0n) is 10.7. The van der Waals surface area contributed by atoms with Crippen LogP contribution in [0.3, 0.4) is 0 Å². The van der Waals surface area contributed by atoms with Gasteiger partial charge in [-0.3, -0.25) is 0 Å². The average Bonchev–Trinajstić information content (AvgIpc) is 2.97. The molecule has 3 heteroatoms. The van der Waals surface area contributed by atoms with Crippen LogP contribution in [0.5, 0.6) is 0 Å². The summed E-state index contributed by atoms with van der Waals surface area (Å²) in [7, 11) is 0. The van der Waals surface area contributed by atoms with Crippen LogP contribution >= 0.6 is 0 Å². The highest BCUT2D eigenvalue weighted by Crippen LogP contribution is 2.29. The fourth-order valence-corrected chi connectivity index (χ4v) is 2.64. The van der Waals surface area contributed by atoms with Gasteiger partial charge in [-0.1, -0.05) is 18.2 Å². The Morgan fingerprint density at radius 3 is 3.06 bits per heavy atom. The van der Waals surface area contributed by atoms with Gasteiger partial charge in [-0.2, -0.15) is 0 Å². The second-order valence-corrected chi connectivity index (χ2v) is 5.12. The molecule has 1 aliphatic rings. The highest BCUT2D eigenvalue weighted by Gasteiger charge is 2.21. The molecule has 1 aromatic carbocycles. The molecule has 0 amide bonds. The minimum Gasteiger partial charge on any atom is -0.459 e. The van der Waals surface area contributed by atoms with Gasteiger partial charge in [-0.15, -0.1) is 0 Å². The zero-order valence-corrected chi connectivity index (χ0v) is 10.7. The van der Waals surface area contributed by atoms with Crippen molar-refractivity contribution < 1.29 is 9.15 Å². The van der Waals surface area contributed by atoms with E-state index in [1.165, 1.54) is 0 Å². The fourth-order valence-electron chi connectivity index (χ4n) is 2.64. The number of hydrogen-bond donors (Lipinski definition) is 1. The first kappa shape index (κ1) is 11.8. The lowest BCUT2D eigenvalue weighted by atomic mass is 10.1. The molecule has 2 heterocycles. The molecule has 18 heavy (non-hydrogen) atoms. The van der Waals surface area contributed by atoms with Gasteiger partial charge in [-0.05, 0) is 37.8 Å². The van der Waals surface area contributed by atoms with E-state index in [0.717, 1.165) is 48.2 Å². The number of aryl methyl sites for hydroxylation is 1. The number of rotatable bonds is 3. The third-order valence-corrected chi connectivity index (χ3v) is 3.67. The van der Waals surface area contributed by atoms with Crippen LogP contribution in [0, 0.1) is 6.92 Å². The molecule has 0 aliphatic carbocycles. The third-order valence-electron chi connectivity index (χ3n) is 3.67. The molecule has 2 unspecified atom stereocenters. The van der Waals surface area contributed by atoms with E-state index in [1.54, 1.807) is 0 Å². The smallest absolute Gasteiger partial charge is 0.137 e. The Morgan fingerprint density at radius 2 is 2.33 bits per heavy atom. The molecule has 96 valence electrons. The lowest BCUT2D eigenvalue weighted by molar-refractivity contribution is 0.0965. The highest BCUT2D eigenvalue weighted by atomic mass is 16.5. The quantitative estimate of drug-likeness (QED) is 0.902. The summed E-state index contributed by atoms with van der Waals surface area (Å²) in [5, 5.41) is 1.13. The summed E-state index contributed by atoms with van der Waals surface area (Å²) in [5.74, 6) is 0.870. The number of furan rings is 1. The number of ether oxygens (including phenoxy) is 1. The predicted molar refractivity (Wildman–Crippen MR) is 71.5 cm³/mol. The van der Waals surface area contributed by atoms with Crippen LogP contribution in [0.2, 0.25) is 0 Å². The van der Waals surface area contributed by atoms with Crippen molar-refractivity contribution in [2.24, 2.45) is 5.73 Å². The number of nitrogens with two attached hydrogens (primary N) is 1. The number of para-hydroxylation sites is 1. The van der Waals surface area contributed by atoms with E-state index in [0.29, 0.717) is 6.10 Å². The van der Waals surface area contributed by atoms with Crippen LogP contribution in [0.15, 0.2) is 28.7 Å². The van der Waals surface area contributed by atoms with E-state index in [4.69, 9.17) is 14.9 Å². The Hall–Kier alpha value is -1.32. The van der Waals surface area contributed by atoms with Crippen LogP contribution in [0.4, 0.5) is 0 Å². The largest absolute Gasteiger partial charge is 0.459 e. The van der Waals surface area contributed by atoms with Gasteiger partial charge in [0.25, 0.3) is 0 Å². The number of hydrogen-bond acceptors (Lipinski definition) is 3. The van der Waals surface area contributed by atoms with Crippen molar-refractivity contribution in [1.29, 1.82) is 0 Å². The Labute approximate surface area is 107 Å². The summed E-state index contributed by atoms with van der Waals surface area (Å²) < 4.78 is 11.5. The normalized spacial score (nSPS) is 21.6. The standard InChI is InChI=1S/C15H19NO2/c1-10-4-2-5-11-8-14(18-15(10)11)13(16)9-12-6-3-7-17-12/h2,4-5,8,12-13H,3,6-7,9,16H2,1H3. The first-order valence-corrected chi connectivity index (χ1v) is 6.60. The molecule has 3 nitrogen and oxygen atoms in total. The van der Waals surface area contributed by atoms with Gasteiger partial charge in [0.1, 0.15) is 11.3 Å². The first-order valence-electron chi connectivity index (χ1n) is 6.60. The van der Waals surface area contributed by atoms with Crippen molar-refractivity contribution >= 4 is 11.0 Å².